The molecule has 5 heteroatoms. The summed E-state index contributed by atoms with van der Waals surface area (Å²) in [6, 6.07) is 0. The molecule has 0 aromatic carbocycles. The molecule has 3 unspecified atom stereocenters. The Hall–Kier alpha value is -0.995. The Morgan fingerprint density at radius 1 is 1.18 bits per heavy atom. The van der Waals surface area contributed by atoms with Crippen LogP contribution >= 0.6 is 0 Å². The molecule has 0 aromatic rings. The Morgan fingerprint density at radius 2 is 1.82 bits per heavy atom. The number of hydrogen-bond acceptors (Lipinski definition) is 4. The molecule has 1 saturated carbocycles. The van der Waals surface area contributed by atoms with Crippen molar-refractivity contribution in [2.45, 2.75) is 51.5 Å². The van der Waals surface area contributed by atoms with Gasteiger partial charge in [0, 0.05) is 18.8 Å². The Morgan fingerprint density at radius 3 is 2.41 bits per heavy atom. The molecule has 4 nitrogen and oxygen atoms in total. The maximum absolute atomic E-state index is 11.2. The highest BCUT2D eigenvalue weighted by molar-refractivity contribution is 6.11. The van der Waals surface area contributed by atoms with Gasteiger partial charge in [0.05, 0.1) is 14.5 Å². The molecular weight excluding hydrogens is 219 g/mol. The number of ether oxygens (including phenoxy) is 2. The van der Waals surface area contributed by atoms with Gasteiger partial charge in [-0.2, -0.15) is 0 Å². The van der Waals surface area contributed by atoms with Gasteiger partial charge in [-0.25, -0.2) is 0 Å². The highest BCUT2D eigenvalue weighted by Crippen LogP contribution is 2.35. The second kappa shape index (κ2) is 6.67. The van der Waals surface area contributed by atoms with Crippen molar-refractivity contribution < 1.29 is 19.1 Å². The zero-order valence-electron chi connectivity index (χ0n) is 10.5. The molecule has 0 N–H and O–H groups in total. The Bertz CT molecular complexity index is 280. The minimum atomic E-state index is -0.231. The summed E-state index contributed by atoms with van der Waals surface area (Å²) in [6.45, 7) is 3.79. The van der Waals surface area contributed by atoms with Crippen LogP contribution in [0.15, 0.2) is 0 Å². The quantitative estimate of drug-likeness (QED) is 0.539. The van der Waals surface area contributed by atoms with E-state index in [2.05, 4.69) is 0 Å². The summed E-state index contributed by atoms with van der Waals surface area (Å²) in [5, 5.41) is 0. The zero-order valence-corrected chi connectivity index (χ0v) is 10.5. The number of carbonyl (C=O) groups excluding carboxylic acids is 2. The summed E-state index contributed by atoms with van der Waals surface area (Å²) >= 11 is 0. The maximum Gasteiger partial charge on any atom is 0.305 e. The van der Waals surface area contributed by atoms with Crippen LogP contribution in [0.5, 0.6) is 0 Å². The monoisotopic (exact) mass is 238 g/mol. The minimum Gasteiger partial charge on any atom is -0.465 e. The van der Waals surface area contributed by atoms with Gasteiger partial charge in [0.2, 0.25) is 0 Å². The van der Waals surface area contributed by atoms with E-state index in [4.69, 9.17) is 17.3 Å². The van der Waals surface area contributed by atoms with Crippen molar-refractivity contribution in [2.24, 2.45) is 5.92 Å². The van der Waals surface area contributed by atoms with Crippen LogP contribution in [0.2, 0.25) is 5.82 Å². The number of carbonyl (C=O) groups is 2. The standard InChI is InChI=1S/C12H19BO4/c1-3-11(14)16-7-8-5-9(13)6-10(8)17-12(15)4-2/h8-10H,3-7H2,1-2H3. The van der Waals surface area contributed by atoms with Crippen LogP contribution in [0.25, 0.3) is 0 Å². The smallest absolute Gasteiger partial charge is 0.305 e. The van der Waals surface area contributed by atoms with E-state index >= 15 is 0 Å². The van der Waals surface area contributed by atoms with Gasteiger partial charge in [-0.1, -0.05) is 19.7 Å². The van der Waals surface area contributed by atoms with Gasteiger partial charge in [-0.15, -0.1) is 0 Å². The van der Waals surface area contributed by atoms with Crippen LogP contribution in [-0.4, -0.2) is 32.5 Å². The van der Waals surface area contributed by atoms with Crippen molar-refractivity contribution in [1.82, 2.24) is 0 Å². The van der Waals surface area contributed by atoms with Crippen LogP contribution in [0, 0.1) is 5.92 Å². The van der Waals surface area contributed by atoms with Gasteiger partial charge in [-0.3, -0.25) is 9.59 Å². The van der Waals surface area contributed by atoms with Crippen molar-refractivity contribution >= 4 is 19.8 Å². The maximum atomic E-state index is 11.2. The van der Waals surface area contributed by atoms with E-state index in [-0.39, 0.29) is 29.8 Å². The van der Waals surface area contributed by atoms with E-state index < -0.39 is 0 Å². The van der Waals surface area contributed by atoms with E-state index in [0.717, 1.165) is 6.42 Å². The van der Waals surface area contributed by atoms with Crippen molar-refractivity contribution in [3.8, 4) is 0 Å². The number of rotatable bonds is 5. The fourth-order valence-corrected chi connectivity index (χ4v) is 2.00. The first-order valence-corrected chi connectivity index (χ1v) is 6.17. The molecule has 0 aromatic heterocycles. The normalized spacial score (nSPS) is 27.8. The fourth-order valence-electron chi connectivity index (χ4n) is 2.00. The third kappa shape index (κ3) is 4.40. The molecule has 1 rings (SSSR count). The summed E-state index contributed by atoms with van der Waals surface area (Å²) in [6.07, 6.45) is 1.89. The molecule has 1 aliphatic rings. The average Bonchev–Trinajstić information content (AvgIpc) is 2.66. The van der Waals surface area contributed by atoms with Crippen LogP contribution < -0.4 is 0 Å². The SMILES string of the molecule is [B]C1CC(COC(=O)CC)C(OC(=O)CC)C1. The molecule has 0 amide bonds. The molecule has 0 heterocycles. The molecule has 1 aliphatic carbocycles. The van der Waals surface area contributed by atoms with E-state index in [0.29, 0.717) is 25.9 Å². The predicted molar refractivity (Wildman–Crippen MR) is 63.6 cm³/mol. The highest BCUT2D eigenvalue weighted by Gasteiger charge is 2.35. The summed E-state index contributed by atoms with van der Waals surface area (Å²) < 4.78 is 10.4. The predicted octanol–water partition coefficient (Wildman–Crippen LogP) is 1.63. The molecule has 1 fully saturated rings. The lowest BCUT2D eigenvalue weighted by atomic mass is 9.85. The zero-order chi connectivity index (χ0) is 12.8. The minimum absolute atomic E-state index is 0.0231. The van der Waals surface area contributed by atoms with Crippen molar-refractivity contribution in [3.05, 3.63) is 0 Å². The van der Waals surface area contributed by atoms with E-state index in [9.17, 15) is 9.59 Å². The largest absolute Gasteiger partial charge is 0.465 e. The summed E-state index contributed by atoms with van der Waals surface area (Å²) in [5.41, 5.74) is 0. The van der Waals surface area contributed by atoms with Gasteiger partial charge in [0.1, 0.15) is 6.10 Å². The van der Waals surface area contributed by atoms with E-state index in [1.165, 1.54) is 0 Å². The molecule has 17 heavy (non-hydrogen) atoms. The third-order valence-electron chi connectivity index (χ3n) is 2.98. The second-order valence-corrected chi connectivity index (χ2v) is 4.41. The topological polar surface area (TPSA) is 52.6 Å². The average molecular weight is 238 g/mol. The van der Waals surface area contributed by atoms with Gasteiger partial charge >= 0.3 is 11.9 Å². The molecule has 0 aliphatic heterocycles. The first-order chi connectivity index (χ1) is 8.06. The molecule has 2 radical (unpaired) electrons. The van der Waals surface area contributed by atoms with Gasteiger partial charge in [0.25, 0.3) is 0 Å². The van der Waals surface area contributed by atoms with Crippen LogP contribution in [0.3, 0.4) is 0 Å². The lowest BCUT2D eigenvalue weighted by Crippen LogP contribution is -2.26. The summed E-state index contributed by atoms with van der Waals surface area (Å²) in [4.78, 5) is 22.3. The van der Waals surface area contributed by atoms with Gasteiger partial charge < -0.3 is 9.47 Å². The third-order valence-corrected chi connectivity index (χ3v) is 2.98. The Kier molecular flexibility index (Phi) is 5.52. The van der Waals surface area contributed by atoms with Crippen LogP contribution in [-0.2, 0) is 19.1 Å². The Labute approximate surface area is 103 Å². The summed E-state index contributed by atoms with van der Waals surface area (Å²) in [5.74, 6) is -0.395. The number of hydrogen-bond donors (Lipinski definition) is 0. The number of esters is 2. The highest BCUT2D eigenvalue weighted by atomic mass is 16.6. The first kappa shape index (κ1) is 14.1. The van der Waals surface area contributed by atoms with Gasteiger partial charge in [-0.05, 0) is 12.8 Å². The first-order valence-electron chi connectivity index (χ1n) is 6.17. The lowest BCUT2D eigenvalue weighted by molar-refractivity contribution is -0.153. The lowest BCUT2D eigenvalue weighted by Gasteiger charge is -2.19. The van der Waals surface area contributed by atoms with E-state index in [1.54, 1.807) is 13.8 Å². The molecule has 0 spiro atoms. The Balaban J connectivity index is 2.44. The van der Waals surface area contributed by atoms with Crippen molar-refractivity contribution in [3.63, 3.8) is 0 Å². The van der Waals surface area contributed by atoms with E-state index in [1.807, 2.05) is 0 Å². The molecule has 0 saturated heterocycles. The van der Waals surface area contributed by atoms with Crippen molar-refractivity contribution in [2.75, 3.05) is 6.61 Å². The van der Waals surface area contributed by atoms with Crippen molar-refractivity contribution in [1.29, 1.82) is 0 Å². The van der Waals surface area contributed by atoms with Crippen LogP contribution in [0.1, 0.15) is 39.5 Å². The molecular formula is C12H19BO4. The molecule has 3 atom stereocenters. The second-order valence-electron chi connectivity index (χ2n) is 4.41. The summed E-state index contributed by atoms with van der Waals surface area (Å²) in [7, 11) is 5.84. The molecule has 94 valence electrons. The molecule has 0 bridgehead atoms. The fraction of sp³-hybridized carbons (Fsp3) is 0.833. The van der Waals surface area contributed by atoms with Crippen LogP contribution in [0.4, 0.5) is 0 Å². The van der Waals surface area contributed by atoms with Gasteiger partial charge in [0.15, 0.2) is 0 Å².